The van der Waals surface area contributed by atoms with Crippen molar-refractivity contribution in [3.05, 3.63) is 29.7 Å². The first-order chi connectivity index (χ1) is 10.1. The molecule has 114 valence electrons. The van der Waals surface area contributed by atoms with Crippen molar-refractivity contribution < 1.29 is 9.53 Å². The largest absolute Gasteiger partial charge is 0.378 e. The molecule has 0 unspecified atom stereocenters. The zero-order valence-corrected chi connectivity index (χ0v) is 12.5. The molecule has 0 aliphatic carbocycles. The first-order valence-electron chi connectivity index (χ1n) is 7.49. The van der Waals surface area contributed by atoms with E-state index in [-0.39, 0.29) is 5.91 Å². The summed E-state index contributed by atoms with van der Waals surface area (Å²) >= 11 is 0. The number of fused-ring (bicyclic) bond motifs is 1. The Kier molecular flexibility index (Phi) is 3.96. The number of allylic oxidation sites excluding steroid dienone is 1. The maximum atomic E-state index is 12.5. The van der Waals surface area contributed by atoms with Crippen LogP contribution >= 0.6 is 0 Å². The molecule has 3 heterocycles. The van der Waals surface area contributed by atoms with Crippen molar-refractivity contribution in [2.24, 2.45) is 0 Å². The molecule has 0 atom stereocenters. The molecule has 1 aromatic rings. The number of nitrogens with zero attached hydrogens (tertiary/aromatic N) is 4. The van der Waals surface area contributed by atoms with Gasteiger partial charge in [0.15, 0.2) is 5.69 Å². The minimum atomic E-state index is 0.0146. The standard InChI is InChI=1S/C15H22N4O2/c1-12(2)18-4-3-5-19-13(11-18)10-14(16-19)15(20)17-6-8-21-9-7-17/h10H,1,3-9,11H2,2H3. The van der Waals surface area contributed by atoms with Gasteiger partial charge in [0.25, 0.3) is 5.91 Å². The van der Waals surface area contributed by atoms with E-state index >= 15 is 0 Å². The maximum Gasteiger partial charge on any atom is 0.274 e. The molecule has 0 saturated carbocycles. The van der Waals surface area contributed by atoms with Gasteiger partial charge in [0.05, 0.1) is 25.5 Å². The second-order valence-corrected chi connectivity index (χ2v) is 5.66. The third-order valence-corrected chi connectivity index (χ3v) is 4.07. The summed E-state index contributed by atoms with van der Waals surface area (Å²) in [6.45, 7) is 11.2. The average Bonchev–Trinajstić information content (AvgIpc) is 2.79. The number of amides is 1. The number of aryl methyl sites for hydroxylation is 1. The fraction of sp³-hybridized carbons (Fsp3) is 0.600. The van der Waals surface area contributed by atoms with Gasteiger partial charge in [-0.2, -0.15) is 5.10 Å². The van der Waals surface area contributed by atoms with E-state index in [0.717, 1.165) is 37.4 Å². The second-order valence-electron chi connectivity index (χ2n) is 5.66. The zero-order chi connectivity index (χ0) is 14.8. The van der Waals surface area contributed by atoms with Crippen molar-refractivity contribution in [3.63, 3.8) is 0 Å². The van der Waals surface area contributed by atoms with E-state index in [4.69, 9.17) is 4.74 Å². The van der Waals surface area contributed by atoms with Crippen molar-refractivity contribution >= 4 is 5.91 Å². The monoisotopic (exact) mass is 290 g/mol. The van der Waals surface area contributed by atoms with E-state index in [2.05, 4.69) is 16.6 Å². The quantitative estimate of drug-likeness (QED) is 0.818. The highest BCUT2D eigenvalue weighted by Gasteiger charge is 2.24. The first kappa shape index (κ1) is 14.1. The number of hydrogen-bond acceptors (Lipinski definition) is 4. The van der Waals surface area contributed by atoms with Crippen LogP contribution in [0.15, 0.2) is 18.3 Å². The SMILES string of the molecule is C=C(C)N1CCCn2nc(C(=O)N3CCOCC3)cc2C1. The third kappa shape index (κ3) is 2.95. The Morgan fingerprint density at radius 3 is 2.71 bits per heavy atom. The molecule has 0 radical (unpaired) electrons. The first-order valence-corrected chi connectivity index (χ1v) is 7.49. The summed E-state index contributed by atoms with van der Waals surface area (Å²) in [5.74, 6) is 0.0146. The number of hydrogen-bond donors (Lipinski definition) is 0. The summed E-state index contributed by atoms with van der Waals surface area (Å²) < 4.78 is 7.26. The van der Waals surface area contributed by atoms with Gasteiger partial charge in [0.1, 0.15) is 0 Å². The van der Waals surface area contributed by atoms with E-state index in [0.29, 0.717) is 32.0 Å². The molecule has 6 nitrogen and oxygen atoms in total. The summed E-state index contributed by atoms with van der Waals surface area (Å²) in [5.41, 5.74) is 2.70. The van der Waals surface area contributed by atoms with Gasteiger partial charge in [0.2, 0.25) is 0 Å². The Balaban J connectivity index is 1.78. The smallest absolute Gasteiger partial charge is 0.274 e. The van der Waals surface area contributed by atoms with Crippen molar-refractivity contribution in [2.75, 3.05) is 32.8 Å². The Hall–Kier alpha value is -1.82. The molecule has 2 aliphatic rings. The van der Waals surface area contributed by atoms with Gasteiger partial charge in [-0.3, -0.25) is 9.48 Å². The Morgan fingerprint density at radius 2 is 2.00 bits per heavy atom. The number of rotatable bonds is 2. The average molecular weight is 290 g/mol. The molecule has 1 saturated heterocycles. The minimum Gasteiger partial charge on any atom is -0.378 e. The van der Waals surface area contributed by atoms with Gasteiger partial charge < -0.3 is 14.5 Å². The van der Waals surface area contributed by atoms with E-state index < -0.39 is 0 Å². The summed E-state index contributed by atoms with van der Waals surface area (Å²) in [4.78, 5) is 16.5. The molecule has 2 aliphatic heterocycles. The molecule has 6 heteroatoms. The number of morpholine rings is 1. The van der Waals surface area contributed by atoms with Crippen molar-refractivity contribution in [2.45, 2.75) is 26.4 Å². The molecular weight excluding hydrogens is 268 g/mol. The molecule has 1 amide bonds. The third-order valence-electron chi connectivity index (χ3n) is 4.07. The summed E-state index contributed by atoms with van der Waals surface area (Å²) in [6.07, 6.45) is 1.02. The van der Waals surface area contributed by atoms with E-state index in [1.54, 1.807) is 0 Å². The number of aromatic nitrogens is 2. The van der Waals surface area contributed by atoms with Crippen molar-refractivity contribution in [3.8, 4) is 0 Å². The normalized spacial score (nSPS) is 19.1. The molecule has 21 heavy (non-hydrogen) atoms. The van der Waals surface area contributed by atoms with E-state index in [1.165, 1.54) is 0 Å². The Morgan fingerprint density at radius 1 is 1.24 bits per heavy atom. The summed E-state index contributed by atoms with van der Waals surface area (Å²) in [5, 5.41) is 4.51. The lowest BCUT2D eigenvalue weighted by Crippen LogP contribution is -2.40. The van der Waals surface area contributed by atoms with Gasteiger partial charge in [-0.15, -0.1) is 0 Å². The highest BCUT2D eigenvalue weighted by atomic mass is 16.5. The van der Waals surface area contributed by atoms with Crippen LogP contribution in [0.3, 0.4) is 0 Å². The van der Waals surface area contributed by atoms with Crippen LogP contribution in [0, 0.1) is 0 Å². The molecule has 3 rings (SSSR count). The lowest BCUT2D eigenvalue weighted by Gasteiger charge is -2.26. The fourth-order valence-corrected chi connectivity index (χ4v) is 2.82. The number of ether oxygens (including phenoxy) is 1. The molecule has 0 N–H and O–H groups in total. The van der Waals surface area contributed by atoms with Gasteiger partial charge in [0, 0.05) is 31.9 Å². The minimum absolute atomic E-state index is 0.0146. The Bertz CT molecular complexity index is 546. The molecule has 1 fully saturated rings. The van der Waals surface area contributed by atoms with Crippen LogP contribution in [0.2, 0.25) is 0 Å². The fourth-order valence-electron chi connectivity index (χ4n) is 2.82. The molecule has 1 aromatic heterocycles. The zero-order valence-electron chi connectivity index (χ0n) is 12.5. The molecule has 0 aromatic carbocycles. The van der Waals surface area contributed by atoms with Gasteiger partial charge in [-0.05, 0) is 19.4 Å². The van der Waals surface area contributed by atoms with Crippen LogP contribution in [0.4, 0.5) is 0 Å². The van der Waals surface area contributed by atoms with E-state index in [9.17, 15) is 4.79 Å². The van der Waals surface area contributed by atoms with Crippen LogP contribution in [0.25, 0.3) is 0 Å². The lowest BCUT2D eigenvalue weighted by molar-refractivity contribution is 0.0298. The van der Waals surface area contributed by atoms with Crippen LogP contribution in [0.1, 0.15) is 29.5 Å². The molecule has 0 spiro atoms. The van der Waals surface area contributed by atoms with Crippen LogP contribution in [-0.2, 0) is 17.8 Å². The van der Waals surface area contributed by atoms with Crippen LogP contribution in [0.5, 0.6) is 0 Å². The topological polar surface area (TPSA) is 50.6 Å². The predicted molar refractivity (Wildman–Crippen MR) is 78.8 cm³/mol. The maximum absolute atomic E-state index is 12.5. The molecular formula is C15H22N4O2. The number of carbonyl (C=O) groups is 1. The molecule has 0 bridgehead atoms. The Labute approximate surface area is 125 Å². The number of carbonyl (C=O) groups excluding carboxylic acids is 1. The van der Waals surface area contributed by atoms with Crippen LogP contribution in [-0.4, -0.2) is 58.3 Å². The highest BCUT2D eigenvalue weighted by Crippen LogP contribution is 2.17. The second kappa shape index (κ2) is 5.89. The predicted octanol–water partition coefficient (Wildman–Crippen LogP) is 1.09. The van der Waals surface area contributed by atoms with Crippen LogP contribution < -0.4 is 0 Å². The van der Waals surface area contributed by atoms with Crippen molar-refractivity contribution in [1.82, 2.24) is 19.6 Å². The lowest BCUT2D eigenvalue weighted by atomic mass is 10.3. The van der Waals surface area contributed by atoms with Crippen molar-refractivity contribution in [1.29, 1.82) is 0 Å². The van der Waals surface area contributed by atoms with Gasteiger partial charge in [-0.25, -0.2) is 0 Å². The van der Waals surface area contributed by atoms with Gasteiger partial charge in [-0.1, -0.05) is 6.58 Å². The van der Waals surface area contributed by atoms with E-state index in [1.807, 2.05) is 22.6 Å². The summed E-state index contributed by atoms with van der Waals surface area (Å²) in [7, 11) is 0. The summed E-state index contributed by atoms with van der Waals surface area (Å²) in [6, 6.07) is 1.93. The highest BCUT2D eigenvalue weighted by molar-refractivity contribution is 5.92. The van der Waals surface area contributed by atoms with Gasteiger partial charge >= 0.3 is 0 Å².